The van der Waals surface area contributed by atoms with Gasteiger partial charge in [0.05, 0.1) is 6.33 Å². The first-order valence-corrected chi connectivity index (χ1v) is 7.30. The number of hydrogen-bond donors (Lipinski definition) is 1. The minimum atomic E-state index is -0.396. The average Bonchev–Trinajstić information content (AvgIpc) is 2.98. The molecule has 4 aromatic rings. The van der Waals surface area contributed by atoms with Crippen molar-refractivity contribution in [1.29, 1.82) is 0 Å². The van der Waals surface area contributed by atoms with E-state index in [-0.39, 0.29) is 18.0 Å². The molecule has 4 rings (SSSR count). The normalized spacial score (nSPS) is 11.0. The molecule has 0 saturated carbocycles. The third-order valence-electron chi connectivity index (χ3n) is 3.60. The summed E-state index contributed by atoms with van der Waals surface area (Å²) in [6.45, 7) is -0.171. The van der Waals surface area contributed by atoms with Crippen molar-refractivity contribution in [2.45, 2.75) is 6.54 Å². The Morgan fingerprint density at radius 3 is 2.79 bits per heavy atom. The van der Waals surface area contributed by atoms with Crippen molar-refractivity contribution in [3.05, 3.63) is 65.3 Å². The van der Waals surface area contributed by atoms with Crippen molar-refractivity contribution in [1.82, 2.24) is 14.5 Å². The lowest BCUT2D eigenvalue weighted by atomic mass is 10.2. The van der Waals surface area contributed by atoms with E-state index in [1.165, 1.54) is 10.9 Å². The highest BCUT2D eigenvalue weighted by molar-refractivity contribution is 6.01. The second kappa shape index (κ2) is 5.62. The number of anilines is 1. The predicted molar refractivity (Wildman–Crippen MR) is 88.6 cm³/mol. The second-order valence-corrected chi connectivity index (χ2v) is 5.22. The summed E-state index contributed by atoms with van der Waals surface area (Å²) >= 11 is 0. The number of nitrogens with zero attached hydrogens (tertiary/aromatic N) is 3. The zero-order chi connectivity index (χ0) is 16.5. The summed E-state index contributed by atoms with van der Waals surface area (Å²) < 4.78 is 6.80. The van der Waals surface area contributed by atoms with E-state index < -0.39 is 5.56 Å². The summed E-state index contributed by atoms with van der Waals surface area (Å²) in [6.07, 6.45) is 2.93. The van der Waals surface area contributed by atoms with Crippen molar-refractivity contribution in [3.8, 4) is 0 Å². The number of para-hydroxylation sites is 1. The van der Waals surface area contributed by atoms with Gasteiger partial charge in [0.25, 0.3) is 5.56 Å². The third kappa shape index (κ3) is 2.41. The molecule has 0 spiro atoms. The third-order valence-corrected chi connectivity index (χ3v) is 3.60. The molecule has 1 amide bonds. The number of rotatable bonds is 3. The van der Waals surface area contributed by atoms with Crippen LogP contribution in [0.25, 0.3) is 22.1 Å². The molecule has 1 aromatic carbocycles. The first-order chi connectivity index (χ1) is 11.7. The van der Waals surface area contributed by atoms with Gasteiger partial charge in [0.15, 0.2) is 0 Å². The van der Waals surface area contributed by atoms with E-state index in [1.807, 2.05) is 18.2 Å². The fourth-order valence-electron chi connectivity index (χ4n) is 2.50. The number of fused-ring (bicyclic) bond motifs is 3. The van der Waals surface area contributed by atoms with Crippen LogP contribution in [-0.2, 0) is 11.3 Å². The summed E-state index contributed by atoms with van der Waals surface area (Å²) in [4.78, 5) is 32.9. The molecule has 0 bridgehead atoms. The van der Waals surface area contributed by atoms with E-state index in [0.717, 1.165) is 5.39 Å². The Kier molecular flexibility index (Phi) is 3.31. The minimum Gasteiger partial charge on any atom is -0.448 e. The van der Waals surface area contributed by atoms with Crippen molar-refractivity contribution in [2.75, 3.05) is 5.32 Å². The standard InChI is InChI=1S/C17H12N4O3/c22-14(20-13-7-3-4-8-18-13)9-21-10-19-15-11-5-1-2-6-12(11)24-16(15)17(21)23/h1-8,10H,9H2,(H,18,20,22). The van der Waals surface area contributed by atoms with E-state index in [9.17, 15) is 9.59 Å². The smallest absolute Gasteiger partial charge is 0.297 e. The number of hydrogen-bond acceptors (Lipinski definition) is 5. The molecular formula is C17H12N4O3. The highest BCUT2D eigenvalue weighted by atomic mass is 16.3. The predicted octanol–water partition coefficient (Wildman–Crippen LogP) is 2.18. The molecule has 0 aliphatic heterocycles. The van der Waals surface area contributed by atoms with Gasteiger partial charge in [-0.2, -0.15) is 0 Å². The topological polar surface area (TPSA) is 90.0 Å². The van der Waals surface area contributed by atoms with Crippen molar-refractivity contribution in [2.24, 2.45) is 0 Å². The second-order valence-electron chi connectivity index (χ2n) is 5.22. The fourth-order valence-corrected chi connectivity index (χ4v) is 2.50. The zero-order valence-electron chi connectivity index (χ0n) is 12.5. The SMILES string of the molecule is O=C(Cn1cnc2c(oc3ccccc32)c1=O)Nc1ccccn1. The first kappa shape index (κ1) is 14.1. The van der Waals surface area contributed by atoms with E-state index in [4.69, 9.17) is 4.42 Å². The highest BCUT2D eigenvalue weighted by Gasteiger charge is 2.14. The number of nitrogens with one attached hydrogen (secondary N) is 1. The molecular weight excluding hydrogens is 308 g/mol. The first-order valence-electron chi connectivity index (χ1n) is 7.30. The van der Waals surface area contributed by atoms with Crippen molar-refractivity contribution in [3.63, 3.8) is 0 Å². The van der Waals surface area contributed by atoms with Crippen LogP contribution in [0.5, 0.6) is 0 Å². The van der Waals surface area contributed by atoms with Crippen LogP contribution in [0.15, 0.2) is 64.2 Å². The van der Waals surface area contributed by atoms with Gasteiger partial charge >= 0.3 is 0 Å². The molecule has 0 saturated heterocycles. The number of carbonyl (C=O) groups excluding carboxylic acids is 1. The molecule has 0 radical (unpaired) electrons. The molecule has 0 aliphatic carbocycles. The molecule has 0 fully saturated rings. The molecule has 3 aromatic heterocycles. The summed E-state index contributed by atoms with van der Waals surface area (Å²) in [5, 5.41) is 3.40. The van der Waals surface area contributed by atoms with Crippen molar-refractivity contribution < 1.29 is 9.21 Å². The minimum absolute atomic E-state index is 0.143. The maximum atomic E-state index is 12.5. The lowest BCUT2D eigenvalue weighted by molar-refractivity contribution is -0.116. The van der Waals surface area contributed by atoms with Crippen LogP contribution in [0.1, 0.15) is 0 Å². The largest absolute Gasteiger partial charge is 0.448 e. The zero-order valence-corrected chi connectivity index (χ0v) is 12.5. The molecule has 24 heavy (non-hydrogen) atoms. The van der Waals surface area contributed by atoms with Gasteiger partial charge < -0.3 is 9.73 Å². The van der Waals surface area contributed by atoms with Gasteiger partial charge in [0.2, 0.25) is 11.5 Å². The van der Waals surface area contributed by atoms with E-state index in [1.54, 1.807) is 30.5 Å². The van der Waals surface area contributed by atoms with Gasteiger partial charge in [0, 0.05) is 11.6 Å². The van der Waals surface area contributed by atoms with Crippen LogP contribution in [0, 0.1) is 0 Å². The molecule has 0 aliphatic rings. The number of pyridine rings is 1. The Hall–Kier alpha value is -3.48. The summed E-state index contributed by atoms with van der Waals surface area (Å²) in [6, 6.07) is 12.5. The Morgan fingerprint density at radius 2 is 1.96 bits per heavy atom. The molecule has 1 N–H and O–H groups in total. The summed E-state index contributed by atoms with van der Waals surface area (Å²) in [5.41, 5.74) is 0.835. The molecule has 3 heterocycles. The van der Waals surface area contributed by atoms with Gasteiger partial charge in [0.1, 0.15) is 23.5 Å². The Balaban J connectivity index is 1.67. The molecule has 7 nitrogen and oxygen atoms in total. The van der Waals surface area contributed by atoms with Crippen LogP contribution in [0.4, 0.5) is 5.82 Å². The van der Waals surface area contributed by atoms with Crippen LogP contribution >= 0.6 is 0 Å². The maximum absolute atomic E-state index is 12.5. The highest BCUT2D eigenvalue weighted by Crippen LogP contribution is 2.23. The average molecular weight is 320 g/mol. The number of amides is 1. The molecule has 0 unspecified atom stereocenters. The van der Waals surface area contributed by atoms with Gasteiger partial charge in [-0.1, -0.05) is 18.2 Å². The van der Waals surface area contributed by atoms with Gasteiger partial charge in [-0.05, 0) is 24.3 Å². The molecule has 7 heteroatoms. The number of carbonyl (C=O) groups is 1. The summed E-state index contributed by atoms with van der Waals surface area (Å²) in [5.74, 6) is 0.0568. The van der Waals surface area contributed by atoms with E-state index in [2.05, 4.69) is 15.3 Å². The van der Waals surface area contributed by atoms with Crippen LogP contribution < -0.4 is 10.9 Å². The quantitative estimate of drug-likeness (QED) is 0.625. The Morgan fingerprint density at radius 1 is 1.12 bits per heavy atom. The number of aromatic nitrogens is 3. The number of furan rings is 1. The van der Waals surface area contributed by atoms with Crippen LogP contribution in [-0.4, -0.2) is 20.4 Å². The molecule has 118 valence electrons. The van der Waals surface area contributed by atoms with Gasteiger partial charge in [-0.3, -0.25) is 14.2 Å². The van der Waals surface area contributed by atoms with Crippen LogP contribution in [0.3, 0.4) is 0 Å². The van der Waals surface area contributed by atoms with E-state index >= 15 is 0 Å². The van der Waals surface area contributed by atoms with E-state index in [0.29, 0.717) is 16.9 Å². The van der Waals surface area contributed by atoms with Crippen LogP contribution in [0.2, 0.25) is 0 Å². The summed E-state index contributed by atoms with van der Waals surface area (Å²) in [7, 11) is 0. The monoisotopic (exact) mass is 320 g/mol. The lowest BCUT2D eigenvalue weighted by Gasteiger charge is -2.05. The number of benzene rings is 1. The van der Waals surface area contributed by atoms with Crippen molar-refractivity contribution >= 4 is 33.8 Å². The molecule has 0 atom stereocenters. The lowest BCUT2D eigenvalue weighted by Crippen LogP contribution is -2.27. The van der Waals surface area contributed by atoms with Gasteiger partial charge in [-0.25, -0.2) is 9.97 Å². The fraction of sp³-hybridized carbons (Fsp3) is 0.0588. The Labute approximate surface area is 135 Å². The maximum Gasteiger partial charge on any atom is 0.297 e. The van der Waals surface area contributed by atoms with Gasteiger partial charge in [-0.15, -0.1) is 0 Å². The Bertz CT molecular complexity index is 1100.